The van der Waals surface area contributed by atoms with Gasteiger partial charge in [-0.25, -0.2) is 9.78 Å². The molecule has 2 atom stereocenters. The highest BCUT2D eigenvalue weighted by molar-refractivity contribution is 7.09. The Kier molecular flexibility index (Phi) is 4.20. The minimum absolute atomic E-state index is 0.0676. The SMILES string of the molecule is [N-]=[N+]=NCC(O)C(O)c1nc(C(=O)O)cs1. The monoisotopic (exact) mass is 244 g/mol. The maximum atomic E-state index is 10.5. The lowest BCUT2D eigenvalue weighted by molar-refractivity contribution is 0.0241. The van der Waals surface area contributed by atoms with E-state index in [0.29, 0.717) is 0 Å². The van der Waals surface area contributed by atoms with Crippen molar-refractivity contribution in [1.82, 2.24) is 4.98 Å². The molecule has 0 spiro atoms. The van der Waals surface area contributed by atoms with Gasteiger partial charge in [-0.1, -0.05) is 5.11 Å². The highest BCUT2D eigenvalue weighted by Crippen LogP contribution is 2.21. The molecular formula is C7H8N4O4S. The number of aliphatic hydroxyl groups is 2. The molecule has 1 aromatic heterocycles. The lowest BCUT2D eigenvalue weighted by Crippen LogP contribution is -2.21. The van der Waals surface area contributed by atoms with Crippen molar-refractivity contribution in [3.8, 4) is 0 Å². The van der Waals surface area contributed by atoms with E-state index in [9.17, 15) is 15.0 Å². The first-order valence-electron chi connectivity index (χ1n) is 4.12. The summed E-state index contributed by atoms with van der Waals surface area (Å²) in [6, 6.07) is 0. The molecular weight excluding hydrogens is 236 g/mol. The smallest absolute Gasteiger partial charge is 0.355 e. The molecule has 1 heterocycles. The number of rotatable bonds is 5. The number of hydrogen-bond donors (Lipinski definition) is 3. The molecule has 0 saturated heterocycles. The largest absolute Gasteiger partial charge is 0.476 e. The van der Waals surface area contributed by atoms with Crippen molar-refractivity contribution < 1.29 is 20.1 Å². The van der Waals surface area contributed by atoms with E-state index < -0.39 is 18.2 Å². The van der Waals surface area contributed by atoms with E-state index in [-0.39, 0.29) is 17.2 Å². The van der Waals surface area contributed by atoms with E-state index in [1.807, 2.05) is 0 Å². The number of hydrogen-bond acceptors (Lipinski definition) is 6. The molecule has 1 aromatic rings. The first-order chi connectivity index (χ1) is 7.56. The van der Waals surface area contributed by atoms with E-state index >= 15 is 0 Å². The number of carbonyl (C=O) groups is 1. The third-order valence-electron chi connectivity index (χ3n) is 1.69. The zero-order valence-electron chi connectivity index (χ0n) is 7.89. The minimum Gasteiger partial charge on any atom is -0.476 e. The van der Waals surface area contributed by atoms with Crippen LogP contribution in [0.5, 0.6) is 0 Å². The van der Waals surface area contributed by atoms with Gasteiger partial charge in [-0.2, -0.15) is 0 Å². The number of nitrogens with zero attached hydrogens (tertiary/aromatic N) is 4. The molecule has 16 heavy (non-hydrogen) atoms. The van der Waals surface area contributed by atoms with Crippen molar-refractivity contribution in [3.05, 3.63) is 26.5 Å². The summed E-state index contributed by atoms with van der Waals surface area (Å²) >= 11 is 0.911. The fraction of sp³-hybridized carbons (Fsp3) is 0.429. The van der Waals surface area contributed by atoms with Gasteiger partial charge in [0, 0.05) is 10.3 Å². The molecule has 0 bridgehead atoms. The fourth-order valence-corrected chi connectivity index (χ4v) is 1.74. The third-order valence-corrected chi connectivity index (χ3v) is 2.61. The number of aromatic carboxylic acids is 1. The van der Waals surface area contributed by atoms with Gasteiger partial charge >= 0.3 is 5.97 Å². The van der Waals surface area contributed by atoms with Crippen molar-refractivity contribution in [1.29, 1.82) is 0 Å². The second kappa shape index (κ2) is 5.42. The van der Waals surface area contributed by atoms with Crippen LogP contribution in [0.15, 0.2) is 10.5 Å². The normalized spacial score (nSPS) is 13.9. The lowest BCUT2D eigenvalue weighted by Gasteiger charge is -2.12. The van der Waals surface area contributed by atoms with E-state index in [2.05, 4.69) is 15.0 Å². The Morgan fingerprint density at radius 1 is 1.69 bits per heavy atom. The van der Waals surface area contributed by atoms with Crippen LogP contribution >= 0.6 is 11.3 Å². The molecule has 8 nitrogen and oxygen atoms in total. The van der Waals surface area contributed by atoms with Crippen LogP contribution in [-0.4, -0.2) is 38.9 Å². The van der Waals surface area contributed by atoms with Crippen molar-refractivity contribution in [2.24, 2.45) is 5.11 Å². The molecule has 1 rings (SSSR count). The topological polar surface area (TPSA) is 139 Å². The third kappa shape index (κ3) is 2.91. The van der Waals surface area contributed by atoms with E-state index in [1.165, 1.54) is 5.38 Å². The van der Waals surface area contributed by atoms with Gasteiger partial charge in [0.2, 0.25) is 0 Å². The Hall–Kier alpha value is -1.67. The Morgan fingerprint density at radius 2 is 2.38 bits per heavy atom. The van der Waals surface area contributed by atoms with E-state index in [4.69, 9.17) is 10.6 Å². The van der Waals surface area contributed by atoms with Gasteiger partial charge in [0.15, 0.2) is 5.69 Å². The summed E-state index contributed by atoms with van der Waals surface area (Å²) in [5.41, 5.74) is 7.82. The van der Waals surface area contributed by atoms with Crippen molar-refractivity contribution in [3.63, 3.8) is 0 Å². The number of carboxylic acids is 1. The number of thiazole rings is 1. The van der Waals surface area contributed by atoms with Crippen LogP contribution in [-0.2, 0) is 0 Å². The Morgan fingerprint density at radius 3 is 2.88 bits per heavy atom. The van der Waals surface area contributed by atoms with Crippen molar-refractivity contribution in [2.45, 2.75) is 12.2 Å². The Bertz CT molecular complexity index is 428. The van der Waals surface area contributed by atoms with Gasteiger partial charge in [0.1, 0.15) is 11.1 Å². The van der Waals surface area contributed by atoms with E-state index in [1.54, 1.807) is 0 Å². The maximum absolute atomic E-state index is 10.5. The van der Waals surface area contributed by atoms with Crippen molar-refractivity contribution >= 4 is 17.3 Å². The predicted octanol–water partition coefficient (Wildman–Crippen LogP) is 0.546. The fourth-order valence-electron chi connectivity index (χ4n) is 0.906. The highest BCUT2D eigenvalue weighted by atomic mass is 32.1. The number of carboxylic acid groups (broad SMARTS) is 1. The molecule has 3 N–H and O–H groups in total. The molecule has 0 aliphatic carbocycles. The highest BCUT2D eigenvalue weighted by Gasteiger charge is 2.22. The molecule has 0 amide bonds. The van der Waals surface area contributed by atoms with Crippen LogP contribution < -0.4 is 0 Å². The zero-order valence-corrected chi connectivity index (χ0v) is 8.70. The summed E-state index contributed by atoms with van der Waals surface area (Å²) in [5, 5.41) is 31.9. The minimum atomic E-state index is -1.36. The number of aromatic nitrogens is 1. The molecule has 0 aliphatic heterocycles. The molecule has 86 valence electrons. The maximum Gasteiger partial charge on any atom is 0.355 e. The number of azide groups is 1. The van der Waals surface area contributed by atoms with Crippen LogP contribution in [0.25, 0.3) is 10.4 Å². The predicted molar refractivity (Wildman–Crippen MR) is 54.1 cm³/mol. The summed E-state index contributed by atoms with van der Waals surface area (Å²) in [7, 11) is 0. The second-order valence-corrected chi connectivity index (χ2v) is 3.69. The Labute approximate surface area is 93.4 Å². The number of aliphatic hydroxyl groups excluding tert-OH is 2. The van der Waals surface area contributed by atoms with Gasteiger partial charge < -0.3 is 15.3 Å². The average Bonchev–Trinajstić information content (AvgIpc) is 2.74. The van der Waals surface area contributed by atoms with Crippen LogP contribution in [0.2, 0.25) is 0 Å². The summed E-state index contributed by atoms with van der Waals surface area (Å²) < 4.78 is 0. The molecule has 0 radical (unpaired) electrons. The van der Waals surface area contributed by atoms with Crippen molar-refractivity contribution in [2.75, 3.05) is 6.54 Å². The average molecular weight is 244 g/mol. The molecule has 0 saturated carbocycles. The zero-order chi connectivity index (χ0) is 12.1. The van der Waals surface area contributed by atoms with Gasteiger partial charge in [-0.3, -0.25) is 0 Å². The van der Waals surface area contributed by atoms with Crippen LogP contribution in [0.4, 0.5) is 0 Å². The van der Waals surface area contributed by atoms with Gasteiger partial charge in [0.05, 0.1) is 12.6 Å². The molecule has 2 unspecified atom stereocenters. The quantitative estimate of drug-likeness (QED) is 0.394. The van der Waals surface area contributed by atoms with Crippen LogP contribution in [0.3, 0.4) is 0 Å². The first-order valence-corrected chi connectivity index (χ1v) is 5.00. The lowest BCUT2D eigenvalue weighted by atomic mass is 10.2. The van der Waals surface area contributed by atoms with E-state index in [0.717, 1.165) is 11.3 Å². The molecule has 0 aromatic carbocycles. The molecule has 0 aliphatic rings. The van der Waals surface area contributed by atoms with Gasteiger partial charge in [-0.05, 0) is 5.53 Å². The summed E-state index contributed by atoms with van der Waals surface area (Å²) in [4.78, 5) is 16.6. The molecule has 0 fully saturated rings. The molecule has 9 heteroatoms. The van der Waals surface area contributed by atoms with Gasteiger partial charge in [0.25, 0.3) is 0 Å². The standard InChI is InChI=1S/C7H8N4O4S/c8-11-9-1-4(12)5(13)6-10-3(2-16-6)7(14)15/h2,4-5,12-13H,1H2,(H,14,15). The Balaban J connectivity index is 2.75. The van der Waals surface area contributed by atoms with Gasteiger partial charge in [-0.15, -0.1) is 11.3 Å². The second-order valence-electron chi connectivity index (χ2n) is 2.80. The van der Waals surface area contributed by atoms with Crippen LogP contribution in [0.1, 0.15) is 21.6 Å². The van der Waals surface area contributed by atoms with Crippen LogP contribution in [0, 0.1) is 0 Å². The summed E-state index contributed by atoms with van der Waals surface area (Å²) in [5.74, 6) is -1.21. The first kappa shape index (κ1) is 12.4. The summed E-state index contributed by atoms with van der Waals surface area (Å²) in [6.45, 7) is -0.306. The summed E-state index contributed by atoms with van der Waals surface area (Å²) in [6.07, 6.45) is -2.66.